The predicted octanol–water partition coefficient (Wildman–Crippen LogP) is 2.86. The van der Waals surface area contributed by atoms with E-state index < -0.39 is 4.92 Å². The highest BCUT2D eigenvalue weighted by Gasteiger charge is 2.06. The van der Waals surface area contributed by atoms with Gasteiger partial charge < -0.3 is 5.32 Å². The average molecular weight is 326 g/mol. The minimum absolute atomic E-state index is 0.0119. The summed E-state index contributed by atoms with van der Waals surface area (Å²) in [7, 11) is 0. The third-order valence-corrected chi connectivity index (χ3v) is 3.35. The van der Waals surface area contributed by atoms with Gasteiger partial charge in [-0.1, -0.05) is 17.7 Å². The van der Waals surface area contributed by atoms with E-state index in [1.807, 2.05) is 31.2 Å². The summed E-state index contributed by atoms with van der Waals surface area (Å²) >= 11 is 0. The first kappa shape index (κ1) is 17.1. The number of carbonyl (C=O) groups excluding carboxylic acids is 1. The summed E-state index contributed by atoms with van der Waals surface area (Å²) in [6.07, 6.45) is 0. The average Bonchev–Trinajstić information content (AvgIpc) is 2.59. The van der Waals surface area contributed by atoms with Crippen molar-refractivity contribution in [3.63, 3.8) is 0 Å². The zero-order valence-corrected chi connectivity index (χ0v) is 13.4. The number of hydrogen-bond acceptors (Lipinski definition) is 5. The minimum atomic E-state index is -0.464. The first-order valence-corrected chi connectivity index (χ1v) is 7.34. The fourth-order valence-corrected chi connectivity index (χ4v) is 1.93. The standard InChI is InChI=1S/C17H18N4O3/c1-12-3-7-15(8-4-12)18-11-17(22)20-19-13(2)14-5-9-16(10-6-14)21(23)24/h3-10,18H,11H2,1-2H3,(H,20,22)/b19-13-. The van der Waals surface area contributed by atoms with Crippen molar-refractivity contribution in [3.8, 4) is 0 Å². The van der Waals surface area contributed by atoms with E-state index >= 15 is 0 Å². The number of nitrogens with one attached hydrogen (secondary N) is 2. The predicted molar refractivity (Wildman–Crippen MR) is 93.1 cm³/mol. The molecule has 24 heavy (non-hydrogen) atoms. The number of hydrazone groups is 1. The highest BCUT2D eigenvalue weighted by atomic mass is 16.6. The quantitative estimate of drug-likeness (QED) is 0.484. The van der Waals surface area contributed by atoms with Crippen molar-refractivity contribution in [1.29, 1.82) is 0 Å². The Kier molecular flexibility index (Phi) is 5.62. The van der Waals surface area contributed by atoms with Crippen LogP contribution in [-0.4, -0.2) is 23.1 Å². The molecule has 0 aliphatic rings. The Morgan fingerprint density at radius 2 is 1.75 bits per heavy atom. The van der Waals surface area contributed by atoms with Crippen molar-refractivity contribution in [3.05, 3.63) is 69.8 Å². The maximum Gasteiger partial charge on any atom is 0.269 e. The third-order valence-electron chi connectivity index (χ3n) is 3.35. The van der Waals surface area contributed by atoms with Gasteiger partial charge in [-0.25, -0.2) is 5.43 Å². The molecule has 7 nitrogen and oxygen atoms in total. The van der Waals surface area contributed by atoms with E-state index in [1.165, 1.54) is 12.1 Å². The van der Waals surface area contributed by atoms with Crippen molar-refractivity contribution in [2.45, 2.75) is 13.8 Å². The molecule has 0 aliphatic carbocycles. The van der Waals surface area contributed by atoms with E-state index in [1.54, 1.807) is 19.1 Å². The number of rotatable bonds is 6. The van der Waals surface area contributed by atoms with Gasteiger partial charge in [0.25, 0.3) is 11.6 Å². The summed E-state index contributed by atoms with van der Waals surface area (Å²) in [6.45, 7) is 3.81. The van der Waals surface area contributed by atoms with Gasteiger partial charge in [-0.15, -0.1) is 0 Å². The lowest BCUT2D eigenvalue weighted by Crippen LogP contribution is -2.26. The van der Waals surface area contributed by atoms with Gasteiger partial charge in [-0.05, 0) is 43.7 Å². The molecule has 7 heteroatoms. The molecule has 2 aromatic rings. The summed E-state index contributed by atoms with van der Waals surface area (Å²) in [5.74, 6) is -0.281. The van der Waals surface area contributed by atoms with Crippen LogP contribution in [-0.2, 0) is 4.79 Å². The topological polar surface area (TPSA) is 96.6 Å². The minimum Gasteiger partial charge on any atom is -0.376 e. The van der Waals surface area contributed by atoms with Gasteiger partial charge in [0.05, 0.1) is 17.2 Å². The number of carbonyl (C=O) groups is 1. The van der Waals surface area contributed by atoms with Crippen LogP contribution >= 0.6 is 0 Å². The van der Waals surface area contributed by atoms with Crippen molar-refractivity contribution in [1.82, 2.24) is 5.43 Å². The molecule has 1 amide bonds. The number of nitrogens with zero attached hydrogens (tertiary/aromatic N) is 2. The number of amides is 1. The number of aryl methyl sites for hydroxylation is 1. The molecular weight excluding hydrogens is 308 g/mol. The molecule has 124 valence electrons. The van der Waals surface area contributed by atoms with Gasteiger partial charge in [-0.2, -0.15) is 5.10 Å². The lowest BCUT2D eigenvalue weighted by molar-refractivity contribution is -0.384. The molecule has 2 aromatic carbocycles. The maximum absolute atomic E-state index is 11.8. The van der Waals surface area contributed by atoms with Gasteiger partial charge in [0.2, 0.25) is 0 Å². The molecule has 0 fully saturated rings. The van der Waals surface area contributed by atoms with Crippen LogP contribution in [0.25, 0.3) is 0 Å². The van der Waals surface area contributed by atoms with Crippen molar-refractivity contribution in [2.24, 2.45) is 5.10 Å². The molecule has 0 bridgehead atoms. The molecule has 0 heterocycles. The Morgan fingerprint density at radius 1 is 1.12 bits per heavy atom. The Bertz CT molecular complexity index is 752. The number of anilines is 1. The molecule has 0 saturated carbocycles. The molecule has 0 saturated heterocycles. The Morgan fingerprint density at radius 3 is 2.33 bits per heavy atom. The normalized spacial score (nSPS) is 11.0. The second-order valence-corrected chi connectivity index (χ2v) is 5.26. The van der Waals surface area contributed by atoms with E-state index in [4.69, 9.17) is 0 Å². The van der Waals surface area contributed by atoms with Crippen LogP contribution in [0.3, 0.4) is 0 Å². The van der Waals surface area contributed by atoms with Gasteiger partial charge in [-0.3, -0.25) is 14.9 Å². The van der Waals surface area contributed by atoms with E-state index in [9.17, 15) is 14.9 Å². The van der Waals surface area contributed by atoms with E-state index in [0.717, 1.165) is 11.3 Å². The van der Waals surface area contributed by atoms with Crippen LogP contribution in [0.5, 0.6) is 0 Å². The number of benzene rings is 2. The Hall–Kier alpha value is -3.22. The first-order valence-electron chi connectivity index (χ1n) is 7.34. The molecule has 0 radical (unpaired) electrons. The van der Waals surface area contributed by atoms with Gasteiger partial charge >= 0.3 is 0 Å². The molecule has 2 N–H and O–H groups in total. The zero-order chi connectivity index (χ0) is 17.5. The summed E-state index contributed by atoms with van der Waals surface area (Å²) in [5, 5.41) is 17.6. The molecular formula is C17H18N4O3. The second-order valence-electron chi connectivity index (χ2n) is 5.26. The lowest BCUT2D eigenvalue weighted by Gasteiger charge is -2.06. The fraction of sp³-hybridized carbons (Fsp3) is 0.176. The van der Waals surface area contributed by atoms with Crippen LogP contribution < -0.4 is 10.7 Å². The van der Waals surface area contributed by atoms with Gasteiger partial charge in [0, 0.05) is 17.8 Å². The molecule has 0 aromatic heterocycles. The first-order chi connectivity index (χ1) is 11.5. The molecule has 0 aliphatic heterocycles. The Labute approximate surface area is 139 Å². The number of nitro groups is 1. The highest BCUT2D eigenvalue weighted by molar-refractivity contribution is 5.99. The molecule has 0 spiro atoms. The van der Waals surface area contributed by atoms with Gasteiger partial charge in [0.15, 0.2) is 0 Å². The maximum atomic E-state index is 11.8. The summed E-state index contributed by atoms with van der Waals surface area (Å²) in [5.41, 5.74) is 5.73. The number of hydrogen-bond donors (Lipinski definition) is 2. The molecule has 0 unspecified atom stereocenters. The summed E-state index contributed by atoms with van der Waals surface area (Å²) in [6, 6.07) is 13.7. The zero-order valence-electron chi connectivity index (χ0n) is 13.4. The monoisotopic (exact) mass is 326 g/mol. The summed E-state index contributed by atoms with van der Waals surface area (Å²) in [4.78, 5) is 21.9. The van der Waals surface area contributed by atoms with Crippen LogP contribution in [0.1, 0.15) is 18.1 Å². The van der Waals surface area contributed by atoms with Gasteiger partial charge in [0.1, 0.15) is 0 Å². The van der Waals surface area contributed by atoms with Crippen molar-refractivity contribution < 1.29 is 9.72 Å². The van der Waals surface area contributed by atoms with Crippen LogP contribution in [0.15, 0.2) is 53.6 Å². The molecule has 2 rings (SSSR count). The lowest BCUT2D eigenvalue weighted by atomic mass is 10.1. The summed E-state index contributed by atoms with van der Waals surface area (Å²) < 4.78 is 0. The van der Waals surface area contributed by atoms with Crippen LogP contribution in [0.2, 0.25) is 0 Å². The largest absolute Gasteiger partial charge is 0.376 e. The van der Waals surface area contributed by atoms with E-state index in [2.05, 4.69) is 15.8 Å². The molecule has 0 atom stereocenters. The highest BCUT2D eigenvalue weighted by Crippen LogP contribution is 2.12. The van der Waals surface area contributed by atoms with Crippen molar-refractivity contribution in [2.75, 3.05) is 11.9 Å². The number of nitro benzene ring substituents is 1. The van der Waals surface area contributed by atoms with E-state index in [-0.39, 0.29) is 18.1 Å². The number of non-ortho nitro benzene ring substituents is 1. The van der Waals surface area contributed by atoms with Crippen LogP contribution in [0, 0.1) is 17.0 Å². The SMILES string of the molecule is C/C(=N/NC(=O)CNc1ccc(C)cc1)c1ccc([N+](=O)[O-])cc1. The second kappa shape index (κ2) is 7.87. The van der Waals surface area contributed by atoms with Crippen molar-refractivity contribution >= 4 is 23.0 Å². The smallest absolute Gasteiger partial charge is 0.269 e. The fourth-order valence-electron chi connectivity index (χ4n) is 1.93. The Balaban J connectivity index is 1.87. The third kappa shape index (κ3) is 4.91. The van der Waals surface area contributed by atoms with Crippen LogP contribution in [0.4, 0.5) is 11.4 Å². The van der Waals surface area contributed by atoms with E-state index in [0.29, 0.717) is 11.3 Å².